The number of carbonyl (C=O) groups is 4. The molecule has 2 amide bonds. The zero-order valence-electron chi connectivity index (χ0n) is 17.5. The average molecular weight is 493 g/mol. The zero-order valence-corrected chi connectivity index (χ0v) is 19.9. The molecule has 2 aliphatic heterocycles. The Kier molecular flexibility index (Phi) is 8.41. The van der Waals surface area contributed by atoms with Gasteiger partial charge in [0.05, 0.1) is 11.6 Å². The lowest BCUT2D eigenvalue weighted by Crippen LogP contribution is -2.50. The molecule has 2 fully saturated rings. The minimum Gasteiger partial charge on any atom is -0.281 e. The van der Waals surface area contributed by atoms with Gasteiger partial charge >= 0.3 is 0 Å². The number of nitrogens with zero attached hydrogens (tertiary/aromatic N) is 2. The van der Waals surface area contributed by atoms with Gasteiger partial charge in [0.15, 0.2) is 0 Å². The summed E-state index contributed by atoms with van der Waals surface area (Å²) in [5.41, 5.74) is 2.22. The first-order chi connectivity index (χ1) is 15.3. The van der Waals surface area contributed by atoms with Crippen molar-refractivity contribution in [2.24, 2.45) is 0 Å². The number of amides is 2. The largest absolute Gasteiger partial charge is 0.281 e. The smallest absolute Gasteiger partial charge is 0.242 e. The SMILES string of the molecule is CP1[C@H](c2ccccc2)N2C(=O)CCC(=O)N2[C@@H]1c1ccccc1.O=C(Cl)CCC(=O)Cl. The summed E-state index contributed by atoms with van der Waals surface area (Å²) in [6.07, 6.45) is 0.681. The molecular formula is C23H23Cl2N2O4P. The lowest BCUT2D eigenvalue weighted by molar-refractivity contribution is -0.171. The Morgan fingerprint density at radius 3 is 1.44 bits per heavy atom. The van der Waals surface area contributed by atoms with Crippen LogP contribution in [0.15, 0.2) is 60.7 Å². The molecule has 2 aliphatic rings. The van der Waals surface area contributed by atoms with Crippen molar-refractivity contribution in [2.45, 2.75) is 37.2 Å². The first-order valence-corrected chi connectivity index (χ1v) is 12.8. The zero-order chi connectivity index (χ0) is 23.3. The van der Waals surface area contributed by atoms with Gasteiger partial charge in [0.25, 0.3) is 0 Å². The quantitative estimate of drug-likeness (QED) is 0.426. The van der Waals surface area contributed by atoms with Crippen molar-refractivity contribution in [3.63, 3.8) is 0 Å². The Hall–Kier alpha value is -2.27. The second-order valence-corrected chi connectivity index (χ2v) is 10.6. The Bertz CT molecular complexity index is 911. The van der Waals surface area contributed by atoms with Crippen molar-refractivity contribution >= 4 is 53.4 Å². The molecule has 0 aromatic heterocycles. The molecule has 0 bridgehead atoms. The summed E-state index contributed by atoms with van der Waals surface area (Å²) in [5, 5.41) is 2.42. The third-order valence-corrected chi connectivity index (χ3v) is 8.20. The lowest BCUT2D eigenvalue weighted by atomic mass is 10.1. The van der Waals surface area contributed by atoms with Gasteiger partial charge in [0.2, 0.25) is 22.3 Å². The van der Waals surface area contributed by atoms with Crippen LogP contribution in [0.4, 0.5) is 0 Å². The van der Waals surface area contributed by atoms with Gasteiger partial charge in [-0.25, -0.2) is 10.0 Å². The molecule has 0 spiro atoms. The summed E-state index contributed by atoms with van der Waals surface area (Å²) in [6.45, 7) is 2.20. The van der Waals surface area contributed by atoms with E-state index in [1.807, 2.05) is 36.4 Å². The van der Waals surface area contributed by atoms with Crippen LogP contribution in [0.1, 0.15) is 48.4 Å². The molecule has 0 N–H and O–H groups in total. The van der Waals surface area contributed by atoms with Crippen molar-refractivity contribution in [1.29, 1.82) is 0 Å². The molecule has 2 aromatic rings. The van der Waals surface area contributed by atoms with Crippen LogP contribution in [-0.2, 0) is 19.2 Å². The molecular weight excluding hydrogens is 470 g/mol. The van der Waals surface area contributed by atoms with Crippen molar-refractivity contribution in [2.75, 3.05) is 6.66 Å². The normalized spacial score (nSPS) is 22.2. The van der Waals surface area contributed by atoms with E-state index in [9.17, 15) is 19.2 Å². The van der Waals surface area contributed by atoms with E-state index in [1.54, 1.807) is 10.0 Å². The Labute approximate surface area is 198 Å². The Morgan fingerprint density at radius 2 is 1.12 bits per heavy atom. The van der Waals surface area contributed by atoms with Crippen LogP contribution in [0.5, 0.6) is 0 Å². The van der Waals surface area contributed by atoms with Crippen LogP contribution in [-0.4, -0.2) is 39.0 Å². The van der Waals surface area contributed by atoms with Gasteiger partial charge < -0.3 is 0 Å². The van der Waals surface area contributed by atoms with E-state index in [1.165, 1.54) is 0 Å². The molecule has 9 heteroatoms. The Balaban J connectivity index is 0.000000312. The van der Waals surface area contributed by atoms with Crippen LogP contribution >= 0.6 is 31.1 Å². The van der Waals surface area contributed by atoms with E-state index in [0.29, 0.717) is 12.8 Å². The Morgan fingerprint density at radius 1 is 0.781 bits per heavy atom. The van der Waals surface area contributed by atoms with Crippen LogP contribution in [0.25, 0.3) is 0 Å². The minimum atomic E-state index is -0.638. The molecule has 0 saturated carbocycles. The fraction of sp³-hybridized carbons (Fsp3) is 0.304. The molecule has 2 aromatic carbocycles. The predicted octanol–water partition coefficient (Wildman–Crippen LogP) is 5.17. The predicted molar refractivity (Wildman–Crippen MR) is 125 cm³/mol. The van der Waals surface area contributed by atoms with Crippen molar-refractivity contribution in [3.8, 4) is 0 Å². The van der Waals surface area contributed by atoms with Gasteiger partial charge in [0, 0.05) is 25.7 Å². The highest BCUT2D eigenvalue weighted by molar-refractivity contribution is 7.57. The van der Waals surface area contributed by atoms with Gasteiger partial charge in [-0.1, -0.05) is 60.7 Å². The standard InChI is InChI=1S/C19H19N2O2P.C4H4Cl2O2/c1-24-18(14-8-4-2-5-9-14)20-16(22)12-13-17(23)21(20)19(24)15-10-6-3-7-11-15;5-3(7)1-2-4(6)8/h2-11,18-19H,12-13H2,1H3;1-2H2/t18-,19+,24?;. The number of benzene rings is 2. The highest BCUT2D eigenvalue weighted by Crippen LogP contribution is 2.68. The molecule has 2 saturated heterocycles. The highest BCUT2D eigenvalue weighted by atomic mass is 35.5. The number of halogens is 2. The first kappa shape index (κ1) is 24.4. The summed E-state index contributed by atoms with van der Waals surface area (Å²) in [7, 11) is -0.638. The molecule has 2 heterocycles. The van der Waals surface area contributed by atoms with Gasteiger partial charge in [-0.15, -0.1) is 0 Å². The topological polar surface area (TPSA) is 74.8 Å². The minimum absolute atomic E-state index is 0.0316. The third kappa shape index (κ3) is 5.55. The van der Waals surface area contributed by atoms with Crippen molar-refractivity contribution in [3.05, 3.63) is 71.8 Å². The van der Waals surface area contributed by atoms with Crippen LogP contribution in [0, 0.1) is 0 Å². The van der Waals surface area contributed by atoms with Crippen LogP contribution in [0.2, 0.25) is 0 Å². The number of hydrogen-bond acceptors (Lipinski definition) is 4. The number of fused-ring (bicyclic) bond motifs is 1. The average Bonchev–Trinajstić information content (AvgIpc) is 3.10. The second-order valence-electron chi connectivity index (χ2n) is 7.42. The molecule has 32 heavy (non-hydrogen) atoms. The molecule has 0 aliphatic carbocycles. The van der Waals surface area contributed by atoms with E-state index in [2.05, 4.69) is 30.9 Å². The maximum absolute atomic E-state index is 12.7. The second kappa shape index (κ2) is 11.0. The highest BCUT2D eigenvalue weighted by Gasteiger charge is 2.52. The molecule has 168 valence electrons. The number of hydrazine groups is 1. The van der Waals surface area contributed by atoms with E-state index in [0.717, 1.165) is 11.1 Å². The van der Waals surface area contributed by atoms with Gasteiger partial charge in [-0.3, -0.25) is 19.2 Å². The number of carbonyl (C=O) groups excluding carboxylic acids is 4. The van der Waals surface area contributed by atoms with E-state index in [-0.39, 0.29) is 36.2 Å². The fourth-order valence-corrected chi connectivity index (χ4v) is 6.78. The monoisotopic (exact) mass is 492 g/mol. The van der Waals surface area contributed by atoms with Crippen molar-refractivity contribution < 1.29 is 19.2 Å². The maximum Gasteiger partial charge on any atom is 0.242 e. The summed E-state index contributed by atoms with van der Waals surface area (Å²) in [5.74, 6) is 0.0266. The molecule has 3 atom stereocenters. The molecule has 1 unspecified atom stereocenters. The summed E-state index contributed by atoms with van der Waals surface area (Å²) in [4.78, 5) is 45.1. The van der Waals surface area contributed by atoms with Crippen LogP contribution in [0.3, 0.4) is 0 Å². The third-order valence-electron chi connectivity index (χ3n) is 5.24. The van der Waals surface area contributed by atoms with E-state index >= 15 is 0 Å². The van der Waals surface area contributed by atoms with E-state index in [4.69, 9.17) is 23.2 Å². The van der Waals surface area contributed by atoms with Crippen LogP contribution < -0.4 is 0 Å². The summed E-state index contributed by atoms with van der Waals surface area (Å²) < 4.78 is 0. The molecule has 0 radical (unpaired) electrons. The van der Waals surface area contributed by atoms with E-state index < -0.39 is 18.4 Å². The summed E-state index contributed by atoms with van der Waals surface area (Å²) in [6, 6.07) is 20.2. The van der Waals surface area contributed by atoms with Gasteiger partial charge in [0.1, 0.15) is 0 Å². The molecule has 4 rings (SSSR count). The maximum atomic E-state index is 12.7. The lowest BCUT2D eigenvalue weighted by Gasteiger charge is -2.37. The number of rotatable bonds is 5. The number of hydrogen-bond donors (Lipinski definition) is 0. The molecule has 6 nitrogen and oxygen atoms in total. The van der Waals surface area contributed by atoms with Crippen molar-refractivity contribution in [1.82, 2.24) is 10.0 Å². The first-order valence-electron chi connectivity index (χ1n) is 10.1. The van der Waals surface area contributed by atoms with Gasteiger partial charge in [-0.2, -0.15) is 0 Å². The fourth-order valence-electron chi connectivity index (χ4n) is 3.87. The summed E-state index contributed by atoms with van der Waals surface area (Å²) >= 11 is 9.74. The van der Waals surface area contributed by atoms with Gasteiger partial charge in [-0.05, 0) is 48.9 Å².